The molecule has 0 atom stereocenters. The summed E-state index contributed by atoms with van der Waals surface area (Å²) in [6, 6.07) is 6.93. The molecular weight excluding hydrogens is 480 g/mol. The highest BCUT2D eigenvalue weighted by atomic mass is 35.5. The molecule has 1 amide bonds. The number of hydrogen-bond acceptors (Lipinski definition) is 8. The quantitative estimate of drug-likeness (QED) is 0.375. The van der Waals surface area contributed by atoms with Gasteiger partial charge in [0.15, 0.2) is 0 Å². The molecule has 10 nitrogen and oxygen atoms in total. The Kier molecular flexibility index (Phi) is 7.87. The zero-order chi connectivity index (χ0) is 25.7. The predicted molar refractivity (Wildman–Crippen MR) is 141 cm³/mol. The summed E-state index contributed by atoms with van der Waals surface area (Å²) >= 11 is 6.55. The summed E-state index contributed by atoms with van der Waals surface area (Å²) in [5.41, 5.74) is 8.28. The van der Waals surface area contributed by atoms with E-state index in [9.17, 15) is 9.59 Å². The Morgan fingerprint density at radius 3 is 2.53 bits per heavy atom. The highest BCUT2D eigenvalue weighted by molar-refractivity contribution is 6.33. The first-order chi connectivity index (χ1) is 17.4. The molecule has 1 aliphatic rings. The van der Waals surface area contributed by atoms with E-state index in [1.807, 2.05) is 13.0 Å². The van der Waals surface area contributed by atoms with Gasteiger partial charge in [0.25, 0.3) is 5.56 Å². The number of anilines is 1. The summed E-state index contributed by atoms with van der Waals surface area (Å²) < 4.78 is 1.23. The van der Waals surface area contributed by atoms with E-state index >= 15 is 0 Å². The van der Waals surface area contributed by atoms with Crippen molar-refractivity contribution in [3.8, 4) is 22.4 Å². The average molecular weight is 507 g/mol. The number of benzene rings is 1. The first-order valence-corrected chi connectivity index (χ1v) is 11.9. The number of amides is 1. The molecule has 4 N–H and O–H groups in total. The van der Waals surface area contributed by atoms with Crippen molar-refractivity contribution in [2.45, 2.75) is 26.3 Å². The number of aromatic nitrogens is 5. The number of fused-ring (bicyclic) bond motifs is 1. The number of aryl methyl sites for hydroxylation is 1. The second-order valence-electron chi connectivity index (χ2n) is 8.34. The lowest BCUT2D eigenvalue weighted by atomic mass is 10.0. The normalized spacial score (nSPS) is 12.8. The van der Waals surface area contributed by atoms with Gasteiger partial charge in [0.1, 0.15) is 12.2 Å². The molecule has 36 heavy (non-hydrogen) atoms. The van der Waals surface area contributed by atoms with Gasteiger partial charge >= 0.3 is 0 Å². The van der Waals surface area contributed by atoms with Crippen LogP contribution in [0.4, 0.5) is 5.95 Å². The van der Waals surface area contributed by atoms with Crippen LogP contribution in [0, 0.1) is 6.92 Å². The molecule has 1 aliphatic heterocycles. The lowest BCUT2D eigenvalue weighted by Gasteiger charge is -2.13. The number of nitrogens with two attached hydrogens (primary N) is 1. The zero-order valence-corrected chi connectivity index (χ0v) is 20.8. The molecule has 0 bridgehead atoms. The molecule has 1 aromatic carbocycles. The predicted octanol–water partition coefficient (Wildman–Crippen LogP) is 2.77. The standard InChI is InChI=1S/C21H18ClN7O2.C4H9N/c1-11-7-25-9-17(27-11)12-3-4-14(16(22)6-12)15-5-13-8-26-21(24-2)28-19(13)29(20(15)31)10-18(23)30;1-2-4-5-3-1/h3-9H,10H2,1-2H3,(H2,23,30)(H,24,26,28);5H,1-4H2. The SMILES string of the molecule is C1CCNC1.CNc1ncc2cc(-c3ccc(-c4cncc(C)n4)cc3Cl)c(=O)n(CC(N)=O)c2n1. The highest BCUT2D eigenvalue weighted by Gasteiger charge is 2.17. The van der Waals surface area contributed by atoms with Crippen LogP contribution in [-0.2, 0) is 11.3 Å². The van der Waals surface area contributed by atoms with Crippen molar-refractivity contribution >= 4 is 34.5 Å². The molecule has 11 heteroatoms. The van der Waals surface area contributed by atoms with E-state index in [4.69, 9.17) is 17.3 Å². The van der Waals surface area contributed by atoms with E-state index < -0.39 is 11.5 Å². The fourth-order valence-electron chi connectivity index (χ4n) is 3.90. The fraction of sp³-hybridized carbons (Fsp3) is 0.280. The Morgan fingerprint density at radius 2 is 1.92 bits per heavy atom. The van der Waals surface area contributed by atoms with Crippen LogP contribution in [0.15, 0.2) is 47.7 Å². The van der Waals surface area contributed by atoms with Crippen molar-refractivity contribution in [3.63, 3.8) is 0 Å². The largest absolute Gasteiger partial charge is 0.368 e. The number of rotatable bonds is 5. The van der Waals surface area contributed by atoms with Crippen LogP contribution in [0.2, 0.25) is 5.02 Å². The third kappa shape index (κ3) is 5.67. The lowest BCUT2D eigenvalue weighted by molar-refractivity contribution is -0.118. The topological polar surface area (TPSA) is 141 Å². The van der Waals surface area contributed by atoms with Crippen LogP contribution in [0.25, 0.3) is 33.4 Å². The molecule has 0 radical (unpaired) electrons. The van der Waals surface area contributed by atoms with E-state index in [-0.39, 0.29) is 6.54 Å². The average Bonchev–Trinajstić information content (AvgIpc) is 3.46. The van der Waals surface area contributed by atoms with Crippen molar-refractivity contribution in [1.29, 1.82) is 0 Å². The van der Waals surface area contributed by atoms with Gasteiger partial charge in [-0.15, -0.1) is 0 Å². The Labute approximate surface area is 213 Å². The molecule has 5 rings (SSSR count). The Morgan fingerprint density at radius 1 is 1.14 bits per heavy atom. The number of carbonyl (C=O) groups is 1. The number of pyridine rings is 1. The van der Waals surface area contributed by atoms with Crippen molar-refractivity contribution in [3.05, 3.63) is 63.9 Å². The van der Waals surface area contributed by atoms with Crippen LogP contribution >= 0.6 is 11.6 Å². The van der Waals surface area contributed by atoms with Crippen molar-refractivity contribution in [1.82, 2.24) is 29.8 Å². The van der Waals surface area contributed by atoms with Gasteiger partial charge in [-0.2, -0.15) is 4.98 Å². The van der Waals surface area contributed by atoms with E-state index in [2.05, 4.69) is 30.6 Å². The maximum Gasteiger partial charge on any atom is 0.260 e. The maximum absolute atomic E-state index is 13.3. The van der Waals surface area contributed by atoms with Gasteiger partial charge in [-0.05, 0) is 45.0 Å². The Balaban J connectivity index is 0.000000543. The summed E-state index contributed by atoms with van der Waals surface area (Å²) in [7, 11) is 1.66. The molecule has 0 spiro atoms. The van der Waals surface area contributed by atoms with Gasteiger partial charge in [0.2, 0.25) is 11.9 Å². The minimum Gasteiger partial charge on any atom is -0.368 e. The molecule has 1 saturated heterocycles. The van der Waals surface area contributed by atoms with Gasteiger partial charge < -0.3 is 16.4 Å². The van der Waals surface area contributed by atoms with Crippen LogP contribution < -0.4 is 21.9 Å². The van der Waals surface area contributed by atoms with Crippen molar-refractivity contribution < 1.29 is 4.79 Å². The molecule has 0 unspecified atom stereocenters. The molecule has 3 aromatic heterocycles. The number of nitrogens with one attached hydrogen (secondary N) is 2. The fourth-order valence-corrected chi connectivity index (χ4v) is 4.18. The second-order valence-corrected chi connectivity index (χ2v) is 8.74. The summed E-state index contributed by atoms with van der Waals surface area (Å²) in [6.07, 6.45) is 7.65. The van der Waals surface area contributed by atoms with Crippen molar-refractivity contribution in [2.24, 2.45) is 5.73 Å². The number of nitrogens with zero attached hydrogens (tertiary/aromatic N) is 5. The van der Waals surface area contributed by atoms with Crippen LogP contribution in [-0.4, -0.2) is 50.5 Å². The third-order valence-corrected chi connectivity index (χ3v) is 5.94. The Bertz CT molecular complexity index is 1460. The van der Waals surface area contributed by atoms with Gasteiger partial charge in [0, 0.05) is 46.5 Å². The van der Waals surface area contributed by atoms with Gasteiger partial charge in [-0.25, -0.2) is 9.97 Å². The van der Waals surface area contributed by atoms with E-state index in [1.165, 1.54) is 30.5 Å². The van der Waals surface area contributed by atoms with Crippen LogP contribution in [0.3, 0.4) is 0 Å². The lowest BCUT2D eigenvalue weighted by Crippen LogP contribution is -2.29. The van der Waals surface area contributed by atoms with Crippen LogP contribution in [0.5, 0.6) is 0 Å². The molecule has 0 saturated carbocycles. The summed E-state index contributed by atoms with van der Waals surface area (Å²) in [5.74, 6) is -0.343. The summed E-state index contributed by atoms with van der Waals surface area (Å²) in [5, 5.41) is 6.96. The number of halogens is 1. The summed E-state index contributed by atoms with van der Waals surface area (Å²) in [6.45, 7) is 4.03. The maximum atomic E-state index is 13.3. The minimum atomic E-state index is -0.662. The third-order valence-electron chi connectivity index (χ3n) is 5.63. The molecule has 1 fully saturated rings. The molecule has 4 aromatic rings. The summed E-state index contributed by atoms with van der Waals surface area (Å²) in [4.78, 5) is 42.0. The Hall–Kier alpha value is -3.89. The van der Waals surface area contributed by atoms with Gasteiger partial charge in [-0.1, -0.05) is 23.7 Å². The van der Waals surface area contributed by atoms with Gasteiger partial charge in [-0.3, -0.25) is 19.1 Å². The van der Waals surface area contributed by atoms with Gasteiger partial charge in [0.05, 0.1) is 17.6 Å². The van der Waals surface area contributed by atoms with E-state index in [0.717, 1.165) is 11.3 Å². The first-order valence-electron chi connectivity index (χ1n) is 11.5. The second kappa shape index (κ2) is 11.2. The molecule has 4 heterocycles. The van der Waals surface area contributed by atoms with Crippen molar-refractivity contribution in [2.75, 3.05) is 25.5 Å². The highest BCUT2D eigenvalue weighted by Crippen LogP contribution is 2.31. The molecular formula is C25H27ClN8O2. The smallest absolute Gasteiger partial charge is 0.260 e. The number of primary amides is 1. The van der Waals surface area contributed by atoms with E-state index in [0.29, 0.717) is 38.8 Å². The number of carbonyl (C=O) groups excluding carboxylic acids is 1. The molecule has 186 valence electrons. The number of hydrogen-bond donors (Lipinski definition) is 3. The molecule has 0 aliphatic carbocycles. The van der Waals surface area contributed by atoms with Crippen LogP contribution in [0.1, 0.15) is 18.5 Å². The zero-order valence-electron chi connectivity index (χ0n) is 20.1. The van der Waals surface area contributed by atoms with E-state index in [1.54, 1.807) is 43.8 Å². The first kappa shape index (κ1) is 25.2. The minimum absolute atomic E-state index is 0.301. The monoisotopic (exact) mass is 506 g/mol.